The van der Waals surface area contributed by atoms with Gasteiger partial charge in [0.05, 0.1) is 16.7 Å². The predicted octanol–water partition coefficient (Wildman–Crippen LogP) is 3.50. The highest BCUT2D eigenvalue weighted by Gasteiger charge is 2.19. The fourth-order valence-corrected chi connectivity index (χ4v) is 3.95. The van der Waals surface area contributed by atoms with Crippen molar-refractivity contribution in [3.63, 3.8) is 0 Å². The minimum atomic E-state index is -0.727. The van der Waals surface area contributed by atoms with E-state index in [1.165, 1.54) is 4.68 Å². The molecule has 0 unspecified atom stereocenters. The van der Waals surface area contributed by atoms with Crippen LogP contribution in [0.25, 0.3) is 33.2 Å². The molecule has 0 aliphatic carbocycles. The van der Waals surface area contributed by atoms with Crippen molar-refractivity contribution < 1.29 is 9.50 Å². The van der Waals surface area contributed by atoms with E-state index in [2.05, 4.69) is 15.4 Å². The Morgan fingerprint density at radius 2 is 1.86 bits per heavy atom. The van der Waals surface area contributed by atoms with Gasteiger partial charge in [0, 0.05) is 35.8 Å². The third-order valence-electron chi connectivity index (χ3n) is 5.43. The third-order valence-corrected chi connectivity index (χ3v) is 5.43. The van der Waals surface area contributed by atoms with Crippen LogP contribution in [-0.2, 0) is 7.05 Å². The molecule has 0 saturated carbocycles. The highest BCUT2D eigenvalue weighted by molar-refractivity contribution is 5.89. The van der Waals surface area contributed by atoms with E-state index in [4.69, 9.17) is 4.98 Å². The molecule has 0 bridgehead atoms. The molecular formula is C21H20FN5O. The van der Waals surface area contributed by atoms with Crippen LogP contribution in [0.5, 0.6) is 5.75 Å². The van der Waals surface area contributed by atoms with Crippen LogP contribution in [-0.4, -0.2) is 37.9 Å². The van der Waals surface area contributed by atoms with Gasteiger partial charge in [-0.15, -0.1) is 0 Å². The van der Waals surface area contributed by atoms with Gasteiger partial charge in [-0.25, -0.2) is 9.37 Å². The lowest BCUT2D eigenvalue weighted by Crippen LogP contribution is -2.27. The monoisotopic (exact) mass is 377 g/mol. The van der Waals surface area contributed by atoms with E-state index < -0.39 is 11.6 Å². The van der Waals surface area contributed by atoms with Crippen molar-refractivity contribution >= 4 is 21.9 Å². The highest BCUT2D eigenvalue weighted by atomic mass is 19.1. The zero-order valence-corrected chi connectivity index (χ0v) is 15.5. The van der Waals surface area contributed by atoms with Crippen LogP contribution in [0.4, 0.5) is 4.39 Å². The highest BCUT2D eigenvalue weighted by Crippen LogP contribution is 2.36. The van der Waals surface area contributed by atoms with Crippen LogP contribution in [0.15, 0.2) is 36.5 Å². The molecule has 1 aliphatic rings. The molecule has 0 spiro atoms. The van der Waals surface area contributed by atoms with E-state index >= 15 is 0 Å². The molecule has 1 saturated heterocycles. The molecule has 0 radical (unpaired) electrons. The molecule has 0 atom stereocenters. The van der Waals surface area contributed by atoms with E-state index in [9.17, 15) is 9.50 Å². The number of phenolic OH excluding ortho intramolecular Hbond substituents is 1. The van der Waals surface area contributed by atoms with Crippen LogP contribution in [0, 0.1) is 5.82 Å². The molecule has 1 aliphatic heterocycles. The topological polar surface area (TPSA) is 75.9 Å². The summed E-state index contributed by atoms with van der Waals surface area (Å²) >= 11 is 0. The van der Waals surface area contributed by atoms with Crippen molar-refractivity contribution in [2.75, 3.05) is 13.1 Å². The number of fused-ring (bicyclic) bond motifs is 2. The third kappa shape index (κ3) is 2.79. The van der Waals surface area contributed by atoms with Crippen LogP contribution in [0.1, 0.15) is 24.5 Å². The molecule has 5 rings (SSSR count). The molecule has 0 amide bonds. The molecule has 28 heavy (non-hydrogen) atoms. The van der Waals surface area contributed by atoms with Gasteiger partial charge < -0.3 is 10.4 Å². The number of benzene rings is 1. The number of pyridine rings is 2. The van der Waals surface area contributed by atoms with Gasteiger partial charge in [-0.05, 0) is 56.3 Å². The van der Waals surface area contributed by atoms with Gasteiger partial charge in [0.25, 0.3) is 0 Å². The first-order valence-electron chi connectivity index (χ1n) is 9.44. The summed E-state index contributed by atoms with van der Waals surface area (Å²) in [6.07, 6.45) is 3.89. The van der Waals surface area contributed by atoms with Crippen LogP contribution >= 0.6 is 0 Å². The molecule has 6 nitrogen and oxygen atoms in total. The maximum absolute atomic E-state index is 14.6. The molecule has 1 fully saturated rings. The zero-order chi connectivity index (χ0) is 19.3. The second kappa shape index (κ2) is 6.53. The molecule has 4 heterocycles. The summed E-state index contributed by atoms with van der Waals surface area (Å²) in [5, 5.41) is 18.4. The number of hydrogen-bond acceptors (Lipinski definition) is 5. The van der Waals surface area contributed by atoms with Gasteiger partial charge in [-0.2, -0.15) is 5.10 Å². The minimum absolute atomic E-state index is 0.151. The van der Waals surface area contributed by atoms with Crippen molar-refractivity contribution in [1.82, 2.24) is 25.1 Å². The summed E-state index contributed by atoms with van der Waals surface area (Å²) in [7, 11) is 1.72. The number of rotatable bonds is 2. The fraction of sp³-hybridized carbons (Fsp3) is 0.286. The van der Waals surface area contributed by atoms with Gasteiger partial charge in [-0.3, -0.25) is 9.67 Å². The number of halogens is 1. The average Bonchev–Trinajstić information content (AvgIpc) is 3.11. The van der Waals surface area contributed by atoms with Crippen molar-refractivity contribution in [2.24, 2.45) is 7.05 Å². The number of nitrogens with one attached hydrogen (secondary N) is 1. The molecular weight excluding hydrogens is 357 g/mol. The van der Waals surface area contributed by atoms with Crippen molar-refractivity contribution in [2.45, 2.75) is 18.8 Å². The van der Waals surface area contributed by atoms with Crippen LogP contribution in [0.2, 0.25) is 0 Å². The largest absolute Gasteiger partial charge is 0.504 e. The number of nitrogens with zero attached hydrogens (tertiary/aromatic N) is 4. The van der Waals surface area contributed by atoms with E-state index in [1.807, 2.05) is 18.2 Å². The Morgan fingerprint density at radius 1 is 1.11 bits per heavy atom. The van der Waals surface area contributed by atoms with E-state index in [1.54, 1.807) is 25.4 Å². The number of phenols is 1. The summed E-state index contributed by atoms with van der Waals surface area (Å²) in [4.78, 5) is 9.41. The Hall–Kier alpha value is -3.06. The Balaban J connectivity index is 1.58. The lowest BCUT2D eigenvalue weighted by atomic mass is 9.94. The predicted molar refractivity (Wildman–Crippen MR) is 106 cm³/mol. The van der Waals surface area contributed by atoms with Gasteiger partial charge in [-0.1, -0.05) is 0 Å². The first kappa shape index (κ1) is 17.1. The Morgan fingerprint density at radius 3 is 2.68 bits per heavy atom. The first-order chi connectivity index (χ1) is 13.6. The first-order valence-corrected chi connectivity index (χ1v) is 9.44. The Bertz CT molecular complexity index is 1200. The smallest absolute Gasteiger partial charge is 0.193 e. The van der Waals surface area contributed by atoms with Gasteiger partial charge >= 0.3 is 0 Å². The number of hydrogen-bond donors (Lipinski definition) is 2. The summed E-state index contributed by atoms with van der Waals surface area (Å²) in [5.41, 5.74) is 3.63. The number of aromatic hydroxyl groups is 1. The van der Waals surface area contributed by atoms with Crippen molar-refractivity contribution in [3.8, 4) is 17.0 Å². The summed E-state index contributed by atoms with van der Waals surface area (Å²) in [5.74, 6) is -0.692. The molecule has 4 aromatic rings. The van der Waals surface area contributed by atoms with Crippen LogP contribution < -0.4 is 5.32 Å². The minimum Gasteiger partial charge on any atom is -0.504 e. The molecule has 142 valence electrons. The Labute approximate surface area is 161 Å². The quantitative estimate of drug-likeness (QED) is 0.559. The fourth-order valence-electron chi connectivity index (χ4n) is 3.95. The van der Waals surface area contributed by atoms with Gasteiger partial charge in [0.2, 0.25) is 0 Å². The summed E-state index contributed by atoms with van der Waals surface area (Å²) in [6, 6.07) is 9.36. The number of aromatic nitrogens is 4. The van der Waals surface area contributed by atoms with Gasteiger partial charge in [0.15, 0.2) is 11.6 Å². The molecule has 7 heteroatoms. The second-order valence-electron chi connectivity index (χ2n) is 7.32. The molecule has 3 aromatic heterocycles. The maximum atomic E-state index is 14.6. The molecule has 2 N–H and O–H groups in total. The van der Waals surface area contributed by atoms with E-state index in [-0.39, 0.29) is 5.52 Å². The van der Waals surface area contributed by atoms with E-state index in [0.29, 0.717) is 22.6 Å². The standard InChI is InChI=1S/C21H20FN5O/c1-27-11-13-10-14(21(28)19(22)20(13)26-27)16-3-5-17-18(25-16)4-2-15(24-17)12-6-8-23-9-7-12/h2-5,10-12,23,28H,6-9H2,1H3. The van der Waals surface area contributed by atoms with Gasteiger partial charge in [0.1, 0.15) is 5.52 Å². The normalized spacial score (nSPS) is 15.5. The van der Waals surface area contributed by atoms with E-state index in [0.717, 1.165) is 42.7 Å². The zero-order valence-electron chi connectivity index (χ0n) is 15.5. The SMILES string of the molecule is Cn1cc2cc(-c3ccc4nc(C5CCNCC5)ccc4n3)c(O)c(F)c2n1. The Kier molecular flexibility index (Phi) is 3.98. The second-order valence-corrected chi connectivity index (χ2v) is 7.32. The summed E-state index contributed by atoms with van der Waals surface area (Å²) < 4.78 is 16.1. The summed E-state index contributed by atoms with van der Waals surface area (Å²) in [6.45, 7) is 2.03. The lowest BCUT2D eigenvalue weighted by molar-refractivity contribution is 0.437. The molecule has 1 aromatic carbocycles. The number of piperidine rings is 1. The van der Waals surface area contributed by atoms with Crippen molar-refractivity contribution in [3.05, 3.63) is 48.0 Å². The van der Waals surface area contributed by atoms with Crippen LogP contribution in [0.3, 0.4) is 0 Å². The number of aryl methyl sites for hydroxylation is 1. The average molecular weight is 377 g/mol. The lowest BCUT2D eigenvalue weighted by Gasteiger charge is -2.22. The maximum Gasteiger partial charge on any atom is 0.193 e. The van der Waals surface area contributed by atoms with Crippen molar-refractivity contribution in [1.29, 1.82) is 0 Å².